The zero-order chi connectivity index (χ0) is 14.5. The van der Waals surface area contributed by atoms with Crippen LogP contribution in [0.4, 0.5) is 5.69 Å². The average molecular weight is 269 g/mol. The number of carbonyl (C=O) groups is 1. The normalized spacial score (nSPS) is 10.3. The van der Waals surface area contributed by atoms with Gasteiger partial charge in [0, 0.05) is 17.9 Å². The SMILES string of the molecule is Cc1ccc(C(=O)NCCc2ccc(N)cc2)c(C)n1. The molecule has 3 N–H and O–H groups in total. The molecule has 104 valence electrons. The molecule has 1 aromatic heterocycles. The standard InChI is InChI=1S/C16H19N3O/c1-11-3-8-15(12(2)19-11)16(20)18-10-9-13-4-6-14(17)7-5-13/h3-8H,9-10,17H2,1-2H3,(H,18,20). The predicted octanol–water partition coefficient (Wildman–Crippen LogP) is 2.25. The molecule has 0 bridgehead atoms. The lowest BCUT2D eigenvalue weighted by Gasteiger charge is -2.08. The minimum atomic E-state index is -0.0783. The second-order valence-corrected chi connectivity index (χ2v) is 4.83. The number of carbonyl (C=O) groups excluding carboxylic acids is 1. The summed E-state index contributed by atoms with van der Waals surface area (Å²) < 4.78 is 0. The average Bonchev–Trinajstić information content (AvgIpc) is 2.41. The van der Waals surface area contributed by atoms with Crippen LogP contribution < -0.4 is 11.1 Å². The fourth-order valence-corrected chi connectivity index (χ4v) is 2.03. The highest BCUT2D eigenvalue weighted by Gasteiger charge is 2.09. The fraction of sp³-hybridized carbons (Fsp3) is 0.250. The van der Waals surface area contributed by atoms with E-state index in [-0.39, 0.29) is 5.91 Å². The van der Waals surface area contributed by atoms with Crippen molar-refractivity contribution in [3.8, 4) is 0 Å². The first-order valence-corrected chi connectivity index (χ1v) is 6.63. The van der Waals surface area contributed by atoms with Crippen LogP contribution in [0.3, 0.4) is 0 Å². The number of aromatic nitrogens is 1. The highest BCUT2D eigenvalue weighted by atomic mass is 16.1. The van der Waals surface area contributed by atoms with Crippen LogP contribution in [-0.4, -0.2) is 17.4 Å². The van der Waals surface area contributed by atoms with Crippen molar-refractivity contribution in [2.24, 2.45) is 0 Å². The Morgan fingerprint density at radius 2 is 1.85 bits per heavy atom. The van der Waals surface area contributed by atoms with Crippen molar-refractivity contribution in [1.29, 1.82) is 0 Å². The molecule has 0 unspecified atom stereocenters. The number of aryl methyl sites for hydroxylation is 2. The summed E-state index contributed by atoms with van der Waals surface area (Å²) in [7, 11) is 0. The Kier molecular flexibility index (Phi) is 4.35. The van der Waals surface area contributed by atoms with Crippen LogP contribution in [0.1, 0.15) is 27.3 Å². The summed E-state index contributed by atoms with van der Waals surface area (Å²) in [5, 5.41) is 2.91. The van der Waals surface area contributed by atoms with Gasteiger partial charge in [-0.3, -0.25) is 9.78 Å². The van der Waals surface area contributed by atoms with E-state index in [9.17, 15) is 4.79 Å². The first-order chi connectivity index (χ1) is 9.56. The van der Waals surface area contributed by atoms with E-state index in [4.69, 9.17) is 5.73 Å². The van der Waals surface area contributed by atoms with Gasteiger partial charge >= 0.3 is 0 Å². The smallest absolute Gasteiger partial charge is 0.253 e. The molecular weight excluding hydrogens is 250 g/mol. The van der Waals surface area contributed by atoms with Gasteiger partial charge in [0.15, 0.2) is 0 Å². The molecular formula is C16H19N3O. The van der Waals surface area contributed by atoms with Crippen molar-refractivity contribution in [3.63, 3.8) is 0 Å². The van der Waals surface area contributed by atoms with Crippen LogP contribution in [0, 0.1) is 13.8 Å². The lowest BCUT2D eigenvalue weighted by atomic mass is 10.1. The molecule has 0 aliphatic rings. The number of hydrogen-bond acceptors (Lipinski definition) is 3. The third-order valence-electron chi connectivity index (χ3n) is 3.15. The van der Waals surface area contributed by atoms with Gasteiger partial charge in [-0.2, -0.15) is 0 Å². The summed E-state index contributed by atoms with van der Waals surface area (Å²) in [6, 6.07) is 11.3. The van der Waals surface area contributed by atoms with Crippen molar-refractivity contribution >= 4 is 11.6 Å². The largest absolute Gasteiger partial charge is 0.399 e. The topological polar surface area (TPSA) is 68.0 Å². The van der Waals surface area contributed by atoms with Crippen molar-refractivity contribution in [3.05, 3.63) is 58.9 Å². The Balaban J connectivity index is 1.90. The molecule has 2 aromatic rings. The van der Waals surface area contributed by atoms with Gasteiger partial charge < -0.3 is 11.1 Å². The van der Waals surface area contributed by atoms with Crippen LogP contribution in [0.15, 0.2) is 36.4 Å². The Hall–Kier alpha value is -2.36. The Morgan fingerprint density at radius 3 is 2.50 bits per heavy atom. The molecule has 4 heteroatoms. The minimum absolute atomic E-state index is 0.0783. The van der Waals surface area contributed by atoms with Crippen LogP contribution in [-0.2, 0) is 6.42 Å². The first kappa shape index (κ1) is 14.1. The van der Waals surface area contributed by atoms with Gasteiger partial charge in [-0.25, -0.2) is 0 Å². The number of rotatable bonds is 4. The molecule has 0 spiro atoms. The number of nitrogens with zero attached hydrogens (tertiary/aromatic N) is 1. The highest BCUT2D eigenvalue weighted by molar-refractivity contribution is 5.95. The summed E-state index contributed by atoms with van der Waals surface area (Å²) in [5.74, 6) is -0.0783. The van der Waals surface area contributed by atoms with E-state index >= 15 is 0 Å². The van der Waals surface area contributed by atoms with Crippen molar-refractivity contribution in [1.82, 2.24) is 10.3 Å². The molecule has 0 saturated carbocycles. The quantitative estimate of drug-likeness (QED) is 0.836. The van der Waals surface area contributed by atoms with E-state index in [0.717, 1.165) is 29.1 Å². The van der Waals surface area contributed by atoms with Crippen LogP contribution in [0.5, 0.6) is 0 Å². The van der Waals surface area contributed by atoms with Gasteiger partial charge in [-0.05, 0) is 50.1 Å². The summed E-state index contributed by atoms with van der Waals surface area (Å²) in [6.45, 7) is 4.35. The molecule has 1 heterocycles. The number of benzene rings is 1. The lowest BCUT2D eigenvalue weighted by Crippen LogP contribution is -2.26. The van der Waals surface area contributed by atoms with Crippen molar-refractivity contribution in [2.75, 3.05) is 12.3 Å². The van der Waals surface area contributed by atoms with Gasteiger partial charge in [0.2, 0.25) is 0 Å². The van der Waals surface area contributed by atoms with Crippen molar-refractivity contribution < 1.29 is 4.79 Å². The van der Waals surface area contributed by atoms with E-state index < -0.39 is 0 Å². The maximum absolute atomic E-state index is 12.1. The molecule has 0 atom stereocenters. The molecule has 2 rings (SSSR count). The zero-order valence-corrected chi connectivity index (χ0v) is 11.8. The lowest BCUT2D eigenvalue weighted by molar-refractivity contribution is 0.0953. The van der Waals surface area contributed by atoms with Crippen LogP contribution >= 0.6 is 0 Å². The molecule has 4 nitrogen and oxygen atoms in total. The third kappa shape index (κ3) is 3.57. The van der Waals surface area contributed by atoms with E-state index in [2.05, 4.69) is 10.3 Å². The van der Waals surface area contributed by atoms with Crippen LogP contribution in [0.25, 0.3) is 0 Å². The number of hydrogen-bond donors (Lipinski definition) is 2. The Bertz CT molecular complexity index is 606. The first-order valence-electron chi connectivity index (χ1n) is 6.63. The van der Waals surface area contributed by atoms with Gasteiger partial charge in [0.05, 0.1) is 11.3 Å². The minimum Gasteiger partial charge on any atom is -0.399 e. The molecule has 0 aliphatic heterocycles. The third-order valence-corrected chi connectivity index (χ3v) is 3.15. The summed E-state index contributed by atoms with van der Waals surface area (Å²) >= 11 is 0. The molecule has 1 aromatic carbocycles. The molecule has 1 amide bonds. The predicted molar refractivity (Wildman–Crippen MR) is 80.6 cm³/mol. The summed E-state index contributed by atoms with van der Waals surface area (Å²) in [5.41, 5.74) is 9.84. The second kappa shape index (κ2) is 6.19. The maximum atomic E-state index is 12.1. The summed E-state index contributed by atoms with van der Waals surface area (Å²) in [6.07, 6.45) is 0.782. The molecule has 20 heavy (non-hydrogen) atoms. The van der Waals surface area contributed by atoms with E-state index in [1.54, 1.807) is 0 Å². The Morgan fingerprint density at radius 1 is 1.15 bits per heavy atom. The number of anilines is 1. The van der Waals surface area contributed by atoms with Gasteiger partial charge in [0.25, 0.3) is 5.91 Å². The number of nitrogens with one attached hydrogen (secondary N) is 1. The molecule has 0 saturated heterocycles. The summed E-state index contributed by atoms with van der Waals surface area (Å²) in [4.78, 5) is 16.3. The highest BCUT2D eigenvalue weighted by Crippen LogP contribution is 2.07. The maximum Gasteiger partial charge on any atom is 0.253 e. The van der Waals surface area contributed by atoms with Gasteiger partial charge in [0.1, 0.15) is 0 Å². The number of nitrogens with two attached hydrogens (primary N) is 1. The van der Waals surface area contributed by atoms with E-state index in [1.807, 2.05) is 50.2 Å². The monoisotopic (exact) mass is 269 g/mol. The number of nitrogen functional groups attached to an aromatic ring is 1. The molecule has 0 fully saturated rings. The zero-order valence-electron chi connectivity index (χ0n) is 11.8. The molecule has 0 radical (unpaired) electrons. The number of amides is 1. The van der Waals surface area contributed by atoms with Gasteiger partial charge in [-0.1, -0.05) is 12.1 Å². The van der Waals surface area contributed by atoms with Crippen LogP contribution in [0.2, 0.25) is 0 Å². The second-order valence-electron chi connectivity index (χ2n) is 4.83. The van der Waals surface area contributed by atoms with Gasteiger partial charge in [-0.15, -0.1) is 0 Å². The number of pyridine rings is 1. The Labute approximate surface area is 119 Å². The van der Waals surface area contributed by atoms with Crippen molar-refractivity contribution in [2.45, 2.75) is 20.3 Å². The van der Waals surface area contributed by atoms with E-state index in [1.165, 1.54) is 0 Å². The fourth-order valence-electron chi connectivity index (χ4n) is 2.03. The van der Waals surface area contributed by atoms with E-state index in [0.29, 0.717) is 12.1 Å². The molecule has 0 aliphatic carbocycles.